The molecule has 0 aliphatic carbocycles. The van der Waals surface area contributed by atoms with Crippen LogP contribution in [-0.4, -0.2) is 0 Å². The van der Waals surface area contributed by atoms with Gasteiger partial charge in [-0.2, -0.15) is 0 Å². The first-order valence-electron chi connectivity index (χ1n) is 13.0. The summed E-state index contributed by atoms with van der Waals surface area (Å²) in [5.74, 6) is 0. The van der Waals surface area contributed by atoms with Gasteiger partial charge in [0.1, 0.15) is 0 Å². The van der Waals surface area contributed by atoms with Crippen LogP contribution in [0.1, 0.15) is 76.3 Å². The maximum Gasteiger partial charge on any atom is 0.0181 e. The molecule has 0 atom stereocenters. The number of benzene rings is 4. The second kappa shape index (κ2) is 12.4. The van der Waals surface area contributed by atoms with E-state index in [4.69, 9.17) is 0 Å². The molecule has 0 heterocycles. The fourth-order valence-electron chi connectivity index (χ4n) is 5.18. The summed E-state index contributed by atoms with van der Waals surface area (Å²) in [5, 5.41) is 5.38. The van der Waals surface area contributed by atoms with Crippen LogP contribution in [0.2, 0.25) is 0 Å². The Labute approximate surface area is 222 Å². The number of aryl methyl sites for hydroxylation is 2. The molecule has 0 saturated heterocycles. The predicted octanol–water partition coefficient (Wildman–Crippen LogP) is 11.4. The number of unbranched alkanes of at least 4 members (excludes halogenated alkanes) is 6. The Hall–Kier alpha value is -1.64. The zero-order chi connectivity index (χ0) is 23.9. The van der Waals surface area contributed by atoms with E-state index in [2.05, 4.69) is 106 Å². The maximum atomic E-state index is 3.70. The molecule has 0 amide bonds. The van der Waals surface area contributed by atoms with Crippen molar-refractivity contribution >= 4 is 53.4 Å². The fourth-order valence-corrected chi connectivity index (χ4v) is 5.94. The zero-order valence-corrected chi connectivity index (χ0v) is 23.8. The highest BCUT2D eigenvalue weighted by atomic mass is 79.9. The van der Waals surface area contributed by atoms with Crippen molar-refractivity contribution < 1.29 is 0 Å². The van der Waals surface area contributed by atoms with Crippen LogP contribution in [0.4, 0.5) is 0 Å². The standard InChI is InChI=1S/C32H36Br2/c1-3-5-7-9-11-23-13-15-25-21-27(33)17-19-29(25)31(23)32-24(12-10-8-6-4-2)14-16-26-22-28(34)18-20-30(26)32/h13-22H,3-12H2,1-2H3. The van der Waals surface area contributed by atoms with E-state index in [1.165, 1.54) is 95.2 Å². The van der Waals surface area contributed by atoms with E-state index in [9.17, 15) is 0 Å². The summed E-state index contributed by atoms with van der Waals surface area (Å²) >= 11 is 7.39. The quantitative estimate of drug-likeness (QED) is 0.155. The molecular weight excluding hydrogens is 544 g/mol. The Morgan fingerprint density at radius 1 is 0.500 bits per heavy atom. The number of fused-ring (bicyclic) bond motifs is 2. The van der Waals surface area contributed by atoms with Crippen LogP contribution >= 0.6 is 31.9 Å². The van der Waals surface area contributed by atoms with Gasteiger partial charge in [0, 0.05) is 8.95 Å². The summed E-state index contributed by atoms with van der Waals surface area (Å²) in [4.78, 5) is 0. The van der Waals surface area contributed by atoms with E-state index in [-0.39, 0.29) is 0 Å². The van der Waals surface area contributed by atoms with E-state index in [0.717, 1.165) is 21.8 Å². The number of rotatable bonds is 11. The van der Waals surface area contributed by atoms with Crippen molar-refractivity contribution in [2.45, 2.75) is 78.1 Å². The van der Waals surface area contributed by atoms with Gasteiger partial charge in [-0.3, -0.25) is 0 Å². The third-order valence-corrected chi connectivity index (χ3v) is 7.97. The third-order valence-electron chi connectivity index (χ3n) is 6.99. The van der Waals surface area contributed by atoms with Gasteiger partial charge >= 0.3 is 0 Å². The van der Waals surface area contributed by atoms with Gasteiger partial charge in [0.15, 0.2) is 0 Å². The molecule has 0 aliphatic rings. The van der Waals surface area contributed by atoms with Gasteiger partial charge < -0.3 is 0 Å². The average Bonchev–Trinajstić information content (AvgIpc) is 2.84. The minimum atomic E-state index is 1.14. The molecule has 4 rings (SSSR count). The molecule has 0 N–H and O–H groups in total. The van der Waals surface area contributed by atoms with Crippen LogP contribution < -0.4 is 0 Å². The average molecular weight is 580 g/mol. The van der Waals surface area contributed by atoms with Crippen molar-refractivity contribution in [1.82, 2.24) is 0 Å². The molecular formula is C32H36Br2. The number of halogens is 2. The Morgan fingerprint density at radius 2 is 0.941 bits per heavy atom. The van der Waals surface area contributed by atoms with Gasteiger partial charge in [0.05, 0.1) is 0 Å². The van der Waals surface area contributed by atoms with Crippen LogP contribution in [0.3, 0.4) is 0 Å². The highest BCUT2D eigenvalue weighted by molar-refractivity contribution is 9.10. The molecule has 0 aliphatic heterocycles. The number of hydrogen-bond acceptors (Lipinski definition) is 0. The highest BCUT2D eigenvalue weighted by Crippen LogP contribution is 2.41. The molecule has 0 spiro atoms. The van der Waals surface area contributed by atoms with Gasteiger partial charge in [-0.15, -0.1) is 0 Å². The first kappa shape index (κ1) is 25.5. The number of hydrogen-bond donors (Lipinski definition) is 0. The fraction of sp³-hybridized carbons (Fsp3) is 0.375. The van der Waals surface area contributed by atoms with Crippen LogP contribution in [0, 0.1) is 0 Å². The van der Waals surface area contributed by atoms with Crippen LogP contribution in [0.5, 0.6) is 0 Å². The molecule has 0 fully saturated rings. The molecule has 0 nitrogen and oxygen atoms in total. The lowest BCUT2D eigenvalue weighted by molar-refractivity contribution is 0.666. The summed E-state index contributed by atoms with van der Waals surface area (Å²) < 4.78 is 2.28. The van der Waals surface area contributed by atoms with Gasteiger partial charge in [-0.05, 0) is 93.7 Å². The molecule has 2 heteroatoms. The Kier molecular flexibility index (Phi) is 9.25. The molecule has 0 saturated carbocycles. The molecule has 178 valence electrons. The highest BCUT2D eigenvalue weighted by Gasteiger charge is 2.17. The monoisotopic (exact) mass is 578 g/mol. The van der Waals surface area contributed by atoms with E-state index < -0.39 is 0 Å². The zero-order valence-electron chi connectivity index (χ0n) is 20.6. The predicted molar refractivity (Wildman–Crippen MR) is 158 cm³/mol. The topological polar surface area (TPSA) is 0 Å². The summed E-state index contributed by atoms with van der Waals surface area (Å²) in [6.45, 7) is 4.58. The van der Waals surface area contributed by atoms with Crippen LogP contribution in [0.15, 0.2) is 69.6 Å². The van der Waals surface area contributed by atoms with Gasteiger partial charge in [0.2, 0.25) is 0 Å². The molecule has 0 radical (unpaired) electrons. The molecule has 0 bridgehead atoms. The first-order chi connectivity index (χ1) is 16.6. The SMILES string of the molecule is CCCCCCc1ccc2cc(Br)ccc2c1-c1c(CCCCCC)ccc2cc(Br)ccc12. The summed E-state index contributed by atoms with van der Waals surface area (Å²) in [7, 11) is 0. The van der Waals surface area contributed by atoms with Gasteiger partial charge in [-0.1, -0.05) is 121 Å². The van der Waals surface area contributed by atoms with E-state index in [1.807, 2.05) is 0 Å². The van der Waals surface area contributed by atoms with Gasteiger partial charge in [-0.25, -0.2) is 0 Å². The van der Waals surface area contributed by atoms with Crippen molar-refractivity contribution in [3.8, 4) is 11.1 Å². The summed E-state index contributed by atoms with van der Waals surface area (Å²) in [5.41, 5.74) is 5.91. The molecule has 0 unspecified atom stereocenters. The summed E-state index contributed by atoms with van der Waals surface area (Å²) in [6, 6.07) is 23.0. The molecule has 4 aromatic rings. The lowest BCUT2D eigenvalue weighted by Crippen LogP contribution is -1.98. The molecule has 34 heavy (non-hydrogen) atoms. The minimum absolute atomic E-state index is 1.14. The van der Waals surface area contributed by atoms with E-state index in [1.54, 1.807) is 0 Å². The van der Waals surface area contributed by atoms with Crippen molar-refractivity contribution in [1.29, 1.82) is 0 Å². The van der Waals surface area contributed by atoms with Crippen molar-refractivity contribution in [2.24, 2.45) is 0 Å². The van der Waals surface area contributed by atoms with E-state index in [0.29, 0.717) is 0 Å². The maximum absolute atomic E-state index is 3.70. The van der Waals surface area contributed by atoms with Crippen molar-refractivity contribution in [3.05, 3.63) is 80.7 Å². The Balaban J connectivity index is 1.92. The van der Waals surface area contributed by atoms with Crippen LogP contribution in [-0.2, 0) is 12.8 Å². The largest absolute Gasteiger partial charge is 0.0654 e. The lowest BCUT2D eigenvalue weighted by atomic mass is 9.84. The first-order valence-corrected chi connectivity index (χ1v) is 14.6. The van der Waals surface area contributed by atoms with Crippen molar-refractivity contribution in [2.75, 3.05) is 0 Å². The minimum Gasteiger partial charge on any atom is -0.0654 e. The molecule has 0 aromatic heterocycles. The van der Waals surface area contributed by atoms with Crippen LogP contribution in [0.25, 0.3) is 32.7 Å². The molecule has 4 aromatic carbocycles. The van der Waals surface area contributed by atoms with E-state index >= 15 is 0 Å². The second-order valence-electron chi connectivity index (χ2n) is 9.55. The Morgan fingerprint density at radius 3 is 1.35 bits per heavy atom. The van der Waals surface area contributed by atoms with Crippen molar-refractivity contribution in [3.63, 3.8) is 0 Å². The third kappa shape index (κ3) is 5.94. The summed E-state index contributed by atoms with van der Waals surface area (Å²) in [6.07, 6.45) is 12.6. The smallest absolute Gasteiger partial charge is 0.0181 e. The van der Waals surface area contributed by atoms with Gasteiger partial charge in [0.25, 0.3) is 0 Å². The second-order valence-corrected chi connectivity index (χ2v) is 11.4. The normalized spacial score (nSPS) is 11.5. The lowest BCUT2D eigenvalue weighted by Gasteiger charge is -2.20. The Bertz CT molecular complexity index is 1160.